The van der Waals surface area contributed by atoms with E-state index in [-0.39, 0.29) is 6.10 Å². The molecule has 4 nitrogen and oxygen atoms in total. The standard InChI is InChI=1S/C20H25N3OS/c1-5-6-7-14(2)24-18-13-12-17-20(22-18)25-19(21-17)15-8-10-16(11-9-15)23(3)4/h8-14H,5-7H2,1-4H3. The molecule has 0 saturated heterocycles. The first-order chi connectivity index (χ1) is 12.1. The zero-order valence-electron chi connectivity index (χ0n) is 15.3. The van der Waals surface area contributed by atoms with Gasteiger partial charge in [-0.05, 0) is 43.7 Å². The maximum Gasteiger partial charge on any atom is 0.214 e. The lowest BCUT2D eigenvalue weighted by Crippen LogP contribution is -2.12. The number of anilines is 1. The Kier molecular flexibility index (Phi) is 5.53. The highest BCUT2D eigenvalue weighted by atomic mass is 32.1. The number of nitrogens with zero attached hydrogens (tertiary/aromatic N) is 3. The van der Waals surface area contributed by atoms with Crippen LogP contribution in [0.25, 0.3) is 20.9 Å². The lowest BCUT2D eigenvalue weighted by molar-refractivity contribution is 0.200. The van der Waals surface area contributed by atoms with Gasteiger partial charge in [-0.3, -0.25) is 0 Å². The number of hydrogen-bond acceptors (Lipinski definition) is 5. The van der Waals surface area contributed by atoms with E-state index in [1.807, 2.05) is 26.2 Å². The maximum atomic E-state index is 5.94. The number of thiazole rings is 1. The van der Waals surface area contributed by atoms with E-state index in [0.717, 1.165) is 27.3 Å². The van der Waals surface area contributed by atoms with Crippen molar-refractivity contribution in [2.75, 3.05) is 19.0 Å². The van der Waals surface area contributed by atoms with Gasteiger partial charge in [0.1, 0.15) is 15.4 Å². The smallest absolute Gasteiger partial charge is 0.214 e. The summed E-state index contributed by atoms with van der Waals surface area (Å²) in [6.45, 7) is 4.30. The molecule has 0 aliphatic rings. The normalized spacial score (nSPS) is 12.3. The van der Waals surface area contributed by atoms with E-state index in [0.29, 0.717) is 5.88 Å². The molecule has 0 N–H and O–H groups in total. The molecule has 3 rings (SSSR count). The van der Waals surface area contributed by atoms with Crippen LogP contribution in [-0.4, -0.2) is 30.2 Å². The van der Waals surface area contributed by atoms with E-state index in [9.17, 15) is 0 Å². The van der Waals surface area contributed by atoms with Crippen molar-refractivity contribution in [2.45, 2.75) is 39.2 Å². The van der Waals surface area contributed by atoms with Gasteiger partial charge in [-0.2, -0.15) is 0 Å². The quantitative estimate of drug-likeness (QED) is 0.570. The largest absolute Gasteiger partial charge is 0.475 e. The van der Waals surface area contributed by atoms with Gasteiger partial charge in [0.05, 0.1) is 6.10 Å². The maximum absolute atomic E-state index is 5.94. The fourth-order valence-corrected chi connectivity index (χ4v) is 3.58. The molecule has 0 amide bonds. The molecule has 0 bridgehead atoms. The summed E-state index contributed by atoms with van der Waals surface area (Å²) >= 11 is 1.61. The number of benzene rings is 1. The van der Waals surface area contributed by atoms with Gasteiger partial charge in [0, 0.05) is 31.4 Å². The number of hydrogen-bond donors (Lipinski definition) is 0. The summed E-state index contributed by atoms with van der Waals surface area (Å²) in [6.07, 6.45) is 3.61. The molecule has 1 aromatic carbocycles. The molecule has 0 spiro atoms. The predicted molar refractivity (Wildman–Crippen MR) is 107 cm³/mol. The molecule has 0 fully saturated rings. The van der Waals surface area contributed by atoms with Crippen LogP contribution >= 0.6 is 11.3 Å². The average Bonchev–Trinajstić information content (AvgIpc) is 3.03. The summed E-state index contributed by atoms with van der Waals surface area (Å²) in [6, 6.07) is 12.4. The Bertz CT molecular complexity index is 827. The van der Waals surface area contributed by atoms with Crippen LogP contribution in [0.1, 0.15) is 33.1 Å². The summed E-state index contributed by atoms with van der Waals surface area (Å²) in [5, 5.41) is 0.990. The first-order valence-electron chi connectivity index (χ1n) is 8.79. The van der Waals surface area contributed by atoms with Crippen molar-refractivity contribution in [1.82, 2.24) is 9.97 Å². The lowest BCUT2D eigenvalue weighted by atomic mass is 10.2. The second-order valence-corrected chi connectivity index (χ2v) is 7.48. The Labute approximate surface area is 153 Å². The third-order valence-corrected chi connectivity index (χ3v) is 5.16. The number of fused-ring (bicyclic) bond motifs is 1. The molecule has 2 aromatic heterocycles. The van der Waals surface area contributed by atoms with Gasteiger partial charge in [0.25, 0.3) is 0 Å². The SMILES string of the molecule is CCCCC(C)Oc1ccc2nc(-c3ccc(N(C)C)cc3)sc2n1. The molecular formula is C20H25N3OS. The van der Waals surface area contributed by atoms with Crippen LogP contribution in [0.4, 0.5) is 5.69 Å². The Morgan fingerprint density at radius 2 is 1.84 bits per heavy atom. The minimum absolute atomic E-state index is 0.191. The molecular weight excluding hydrogens is 330 g/mol. The zero-order valence-corrected chi connectivity index (χ0v) is 16.1. The Morgan fingerprint density at radius 1 is 1.08 bits per heavy atom. The van der Waals surface area contributed by atoms with Crippen LogP contribution in [0.3, 0.4) is 0 Å². The molecule has 1 unspecified atom stereocenters. The van der Waals surface area contributed by atoms with E-state index in [2.05, 4.69) is 48.0 Å². The number of unbranched alkanes of at least 4 members (excludes halogenated alkanes) is 1. The number of pyridine rings is 1. The molecule has 2 heterocycles. The molecule has 3 aromatic rings. The van der Waals surface area contributed by atoms with Crippen molar-refractivity contribution in [3.8, 4) is 16.5 Å². The summed E-state index contributed by atoms with van der Waals surface area (Å²) in [5.41, 5.74) is 3.22. The topological polar surface area (TPSA) is 38.2 Å². The molecule has 0 aliphatic carbocycles. The average molecular weight is 356 g/mol. The van der Waals surface area contributed by atoms with E-state index in [4.69, 9.17) is 9.72 Å². The summed E-state index contributed by atoms with van der Waals surface area (Å²) in [7, 11) is 4.08. The van der Waals surface area contributed by atoms with Gasteiger partial charge in [-0.25, -0.2) is 9.97 Å². The van der Waals surface area contributed by atoms with Gasteiger partial charge >= 0.3 is 0 Å². The van der Waals surface area contributed by atoms with Crippen LogP contribution in [-0.2, 0) is 0 Å². The molecule has 25 heavy (non-hydrogen) atoms. The van der Waals surface area contributed by atoms with Crippen molar-refractivity contribution >= 4 is 27.4 Å². The molecule has 5 heteroatoms. The molecule has 0 radical (unpaired) electrons. The van der Waals surface area contributed by atoms with E-state index < -0.39 is 0 Å². The third-order valence-electron chi connectivity index (χ3n) is 4.15. The van der Waals surface area contributed by atoms with Gasteiger partial charge in [0.2, 0.25) is 5.88 Å². The molecule has 0 saturated carbocycles. The predicted octanol–water partition coefficient (Wildman–Crippen LogP) is 5.38. The minimum atomic E-state index is 0.191. The highest BCUT2D eigenvalue weighted by Crippen LogP contribution is 2.31. The summed E-state index contributed by atoms with van der Waals surface area (Å²) < 4.78 is 5.94. The molecule has 132 valence electrons. The second-order valence-electron chi connectivity index (χ2n) is 6.50. The Balaban J connectivity index is 1.80. The van der Waals surface area contributed by atoms with Gasteiger partial charge in [-0.1, -0.05) is 31.1 Å². The zero-order chi connectivity index (χ0) is 17.8. The molecule has 0 aliphatic heterocycles. The first kappa shape index (κ1) is 17.7. The fraction of sp³-hybridized carbons (Fsp3) is 0.400. The highest BCUT2D eigenvalue weighted by molar-refractivity contribution is 7.21. The van der Waals surface area contributed by atoms with Crippen molar-refractivity contribution in [3.05, 3.63) is 36.4 Å². The van der Waals surface area contributed by atoms with Crippen molar-refractivity contribution in [1.29, 1.82) is 0 Å². The van der Waals surface area contributed by atoms with Crippen LogP contribution in [0.5, 0.6) is 5.88 Å². The van der Waals surface area contributed by atoms with Gasteiger partial charge < -0.3 is 9.64 Å². The van der Waals surface area contributed by atoms with E-state index in [1.54, 1.807) is 11.3 Å². The highest BCUT2D eigenvalue weighted by Gasteiger charge is 2.10. The number of aromatic nitrogens is 2. The van der Waals surface area contributed by atoms with E-state index >= 15 is 0 Å². The van der Waals surface area contributed by atoms with Crippen molar-refractivity contribution < 1.29 is 4.74 Å². The van der Waals surface area contributed by atoms with Crippen LogP contribution in [0.15, 0.2) is 36.4 Å². The Morgan fingerprint density at radius 3 is 2.52 bits per heavy atom. The summed E-state index contributed by atoms with van der Waals surface area (Å²) in [4.78, 5) is 12.4. The Hall–Kier alpha value is -2.14. The number of ether oxygens (including phenoxy) is 1. The van der Waals surface area contributed by atoms with Crippen molar-refractivity contribution in [3.63, 3.8) is 0 Å². The van der Waals surface area contributed by atoms with E-state index in [1.165, 1.54) is 18.5 Å². The van der Waals surface area contributed by atoms with Gasteiger partial charge in [-0.15, -0.1) is 0 Å². The monoisotopic (exact) mass is 355 g/mol. The van der Waals surface area contributed by atoms with Crippen molar-refractivity contribution in [2.24, 2.45) is 0 Å². The minimum Gasteiger partial charge on any atom is -0.475 e. The third kappa shape index (κ3) is 4.28. The van der Waals surface area contributed by atoms with Gasteiger partial charge in [0.15, 0.2) is 0 Å². The fourth-order valence-electron chi connectivity index (χ4n) is 2.65. The van der Waals surface area contributed by atoms with Crippen LogP contribution in [0.2, 0.25) is 0 Å². The summed E-state index contributed by atoms with van der Waals surface area (Å²) in [5.74, 6) is 0.689. The van der Waals surface area contributed by atoms with Crippen LogP contribution < -0.4 is 9.64 Å². The number of rotatable bonds is 7. The first-order valence-corrected chi connectivity index (χ1v) is 9.60. The second kappa shape index (κ2) is 7.83. The lowest BCUT2D eigenvalue weighted by Gasteiger charge is -2.12. The molecule has 1 atom stereocenters. The van der Waals surface area contributed by atoms with Crippen LogP contribution in [0, 0.1) is 0 Å².